The molecule has 7 aromatic rings. The number of guanidine groups is 1. The standard InChI is InChI=1S/C79H105N21O13S/c1-114-37-32-56(68(84)103)91-72(107)61(39-46-42-88-53-22-8-5-18-49(46)53)98-74(109)63(41-48-44-90-55-24-10-7-20-51(48)55)97-71(106)60(38-45-16-3-2-4-17-45)95-73(108)62(40-47-43-89-54-23-9-6-19-50(47)54)96-70(105)57(28-30-66(82)101)92-69(104)58(29-31-67(83)102)93-75(110)65-27-15-36-100(65)78(113)59(25-11-12-33-80)94-76(111)64-26-14-35-99(64)77(112)52(81)21-13-34-87-79(85)86/h2-10,16-20,22-24,42-44,52,56-65,88-90H,11-15,21,25-41,80-81H2,1H3,(H2,82,101)(H2,83,102)(H2,84,103)(H,91,107)(H,92,104)(H,93,110)(H,94,111)(H,95,108)(H,96,105)(H,97,106)(H,98,109)(H4,85,86,87)/t52-,56-,57-,58-,59-,60-,61+,62-,63+,64-,65-/m0/s1. The van der Waals surface area contributed by atoms with Crippen LogP contribution in [-0.4, -0.2) is 212 Å². The lowest BCUT2D eigenvalue weighted by atomic mass is 9.99. The average molecular weight is 1590 g/mol. The van der Waals surface area contributed by atoms with E-state index in [2.05, 4.69) is 62.8 Å². The normalized spacial score (nSPS) is 16.4. The Labute approximate surface area is 663 Å². The van der Waals surface area contributed by atoms with E-state index in [0.29, 0.717) is 88.5 Å². The molecule has 11 atom stereocenters. The van der Waals surface area contributed by atoms with Gasteiger partial charge >= 0.3 is 0 Å². The van der Waals surface area contributed by atoms with E-state index in [1.165, 1.54) is 21.6 Å². The summed E-state index contributed by atoms with van der Waals surface area (Å²) in [6.07, 6.45) is 7.30. The zero-order chi connectivity index (χ0) is 82.0. The molecule has 0 spiro atoms. The highest BCUT2D eigenvalue weighted by Crippen LogP contribution is 2.27. The maximum Gasteiger partial charge on any atom is 0.245 e. The van der Waals surface area contributed by atoms with E-state index in [0.717, 1.165) is 10.9 Å². The Balaban J connectivity index is 0.970. The number of nitrogens with two attached hydrogens (primary N) is 6. The number of aromatic nitrogens is 3. The molecule has 4 aromatic carbocycles. The zero-order valence-electron chi connectivity index (χ0n) is 63.7. The number of thioether (sulfide) groups is 1. The molecule has 114 heavy (non-hydrogen) atoms. The van der Waals surface area contributed by atoms with Gasteiger partial charge in [-0.2, -0.15) is 11.8 Å². The van der Waals surface area contributed by atoms with Crippen LogP contribution in [0.3, 0.4) is 0 Å². The Morgan fingerprint density at radius 1 is 0.456 bits per heavy atom. The summed E-state index contributed by atoms with van der Waals surface area (Å²) in [7, 11) is 0. The van der Waals surface area contributed by atoms with Crippen molar-refractivity contribution in [3.63, 3.8) is 0 Å². The third-order valence-electron chi connectivity index (χ3n) is 20.6. The molecule has 2 saturated heterocycles. The predicted molar refractivity (Wildman–Crippen MR) is 430 cm³/mol. The number of unbranched alkanes of at least 4 members (excludes halogenated alkanes) is 1. The summed E-state index contributed by atoms with van der Waals surface area (Å²) in [5.74, 6) is -10.3. The summed E-state index contributed by atoms with van der Waals surface area (Å²) in [6, 6.07) is 15.6. The van der Waals surface area contributed by atoms with Gasteiger partial charge in [-0.15, -0.1) is 0 Å². The lowest BCUT2D eigenvalue weighted by molar-refractivity contribution is -0.144. The van der Waals surface area contributed by atoms with Crippen LogP contribution >= 0.6 is 11.8 Å². The van der Waals surface area contributed by atoms with Crippen molar-refractivity contribution in [2.75, 3.05) is 38.2 Å². The fourth-order valence-corrected chi connectivity index (χ4v) is 15.0. The lowest BCUT2D eigenvalue weighted by Gasteiger charge is -2.32. The second-order valence-corrected chi connectivity index (χ2v) is 29.8. The van der Waals surface area contributed by atoms with Crippen LogP contribution in [-0.2, 0) is 88.0 Å². The quantitative estimate of drug-likeness (QED) is 0.0133. The third-order valence-corrected chi connectivity index (χ3v) is 21.2. The second kappa shape index (κ2) is 42.1. The van der Waals surface area contributed by atoms with Gasteiger partial charge in [0.15, 0.2) is 5.96 Å². The maximum atomic E-state index is 15.5. The van der Waals surface area contributed by atoms with Crippen LogP contribution in [0, 0.1) is 5.41 Å². The minimum atomic E-state index is -1.71. The number of hydrogen-bond acceptors (Lipinski definition) is 17. The number of amides is 13. The van der Waals surface area contributed by atoms with Gasteiger partial charge in [-0.05, 0) is 136 Å². The van der Waals surface area contributed by atoms with Gasteiger partial charge in [0, 0.05) is 109 Å². The fourth-order valence-electron chi connectivity index (χ4n) is 14.5. The molecule has 25 N–H and O–H groups in total. The number of carbonyl (C=O) groups is 13. The van der Waals surface area contributed by atoms with Crippen molar-refractivity contribution in [3.8, 4) is 0 Å². The highest BCUT2D eigenvalue weighted by Gasteiger charge is 2.43. The van der Waals surface area contributed by atoms with E-state index in [4.69, 9.17) is 39.8 Å². The van der Waals surface area contributed by atoms with Crippen LogP contribution in [0.1, 0.15) is 112 Å². The highest BCUT2D eigenvalue weighted by molar-refractivity contribution is 7.98. The molecule has 34 nitrogen and oxygen atoms in total. The minimum Gasteiger partial charge on any atom is -0.370 e. The van der Waals surface area contributed by atoms with E-state index < -0.39 is 169 Å². The van der Waals surface area contributed by atoms with Crippen LogP contribution in [0.5, 0.6) is 0 Å². The number of hydrogen-bond donors (Lipinski definition) is 19. The highest BCUT2D eigenvalue weighted by atomic mass is 32.2. The number of nitrogens with zero attached hydrogens (tertiary/aromatic N) is 2. The topological polar surface area (TPSA) is 564 Å². The van der Waals surface area contributed by atoms with Crippen molar-refractivity contribution >= 4 is 127 Å². The first-order valence-corrected chi connectivity index (χ1v) is 39.8. The molecular formula is C79H105N21O13S. The Morgan fingerprint density at radius 3 is 1.28 bits per heavy atom. The first kappa shape index (κ1) is 86.1. The molecule has 2 aliphatic heterocycles. The van der Waals surface area contributed by atoms with Gasteiger partial charge in [-0.3, -0.25) is 67.7 Å². The molecule has 0 radical (unpaired) electrons. The van der Waals surface area contributed by atoms with Gasteiger partial charge in [0.25, 0.3) is 0 Å². The summed E-state index contributed by atoms with van der Waals surface area (Å²) >= 11 is 1.44. The van der Waals surface area contributed by atoms with Gasteiger partial charge in [0.1, 0.15) is 60.4 Å². The summed E-state index contributed by atoms with van der Waals surface area (Å²) in [6.45, 7) is 0.875. The SMILES string of the molecule is CSCC[C@H](NC(=O)[C@@H](Cc1c[nH]c2ccccc12)NC(=O)[C@@H](Cc1c[nH]c2ccccc12)NC(=O)[C@H](Cc1ccccc1)NC(=O)[C@H](Cc1c[nH]c2ccccc12)NC(=O)[C@H](CCC(N)=O)NC(=O)[C@H](CCC(N)=O)NC(=O)[C@@H]1CCCN1C(=O)[C@H](CCCCN)NC(=O)[C@@H]1CCCN1C(=O)[C@@H](N)CCCNC(=N)N)C(N)=O. The van der Waals surface area contributed by atoms with Crippen LogP contribution in [0.2, 0.25) is 0 Å². The number of carbonyl (C=O) groups excluding carboxylic acids is 13. The number of para-hydroxylation sites is 3. The van der Waals surface area contributed by atoms with E-state index in [-0.39, 0.29) is 83.4 Å². The Morgan fingerprint density at radius 2 is 0.851 bits per heavy atom. The summed E-state index contributed by atoms with van der Waals surface area (Å²) in [5.41, 5.74) is 39.1. The van der Waals surface area contributed by atoms with E-state index in [1.807, 2.05) is 48.7 Å². The Hall–Kier alpha value is -11.8. The first-order chi connectivity index (χ1) is 54.8. The van der Waals surface area contributed by atoms with Gasteiger partial charge in [0.05, 0.1) is 6.04 Å². The average Bonchev–Trinajstić information content (AvgIpc) is 1.67. The van der Waals surface area contributed by atoms with Crippen molar-refractivity contribution < 1.29 is 62.3 Å². The number of rotatable bonds is 44. The van der Waals surface area contributed by atoms with Gasteiger partial charge in [-0.25, -0.2) is 0 Å². The van der Waals surface area contributed by atoms with E-state index >= 15 is 19.2 Å². The molecule has 0 saturated carbocycles. The number of aromatic amines is 3. The molecule has 5 heterocycles. The van der Waals surface area contributed by atoms with E-state index in [9.17, 15) is 43.2 Å². The third kappa shape index (κ3) is 24.1. The fraction of sp³-hybridized carbons (Fsp3) is 0.443. The largest absolute Gasteiger partial charge is 0.370 e. The molecule has 35 heteroatoms. The van der Waals surface area contributed by atoms with Gasteiger partial charge in [-0.1, -0.05) is 84.9 Å². The molecule has 2 fully saturated rings. The van der Waals surface area contributed by atoms with Crippen LogP contribution in [0.4, 0.5) is 0 Å². The first-order valence-electron chi connectivity index (χ1n) is 38.4. The molecule has 2 aliphatic rings. The van der Waals surface area contributed by atoms with Crippen LogP contribution in [0.25, 0.3) is 32.7 Å². The zero-order valence-corrected chi connectivity index (χ0v) is 64.6. The molecule has 610 valence electrons. The van der Waals surface area contributed by atoms with Crippen molar-refractivity contribution in [2.45, 2.75) is 182 Å². The molecule has 3 aromatic heterocycles. The van der Waals surface area contributed by atoms with E-state index in [1.54, 1.807) is 79.3 Å². The molecule has 0 bridgehead atoms. The smallest absolute Gasteiger partial charge is 0.245 e. The van der Waals surface area contributed by atoms with Crippen molar-refractivity contribution in [3.05, 3.63) is 144 Å². The maximum absolute atomic E-state index is 15.5. The molecule has 0 unspecified atom stereocenters. The Kier molecular flexibility index (Phi) is 31.8. The molecular weight excluding hydrogens is 1480 g/mol. The predicted octanol–water partition coefficient (Wildman–Crippen LogP) is -0.250. The molecule has 0 aliphatic carbocycles. The summed E-state index contributed by atoms with van der Waals surface area (Å²) in [5, 5.41) is 34.4. The molecule has 13 amide bonds. The number of H-pyrrole nitrogens is 3. The second-order valence-electron chi connectivity index (χ2n) is 28.8. The number of benzene rings is 4. The van der Waals surface area contributed by atoms with Crippen molar-refractivity contribution in [1.82, 2.24) is 72.6 Å². The van der Waals surface area contributed by atoms with Gasteiger partial charge < -0.3 is 107 Å². The van der Waals surface area contributed by atoms with Crippen molar-refractivity contribution in [2.24, 2.45) is 34.4 Å². The lowest BCUT2D eigenvalue weighted by Crippen LogP contribution is -2.61. The van der Waals surface area contributed by atoms with Crippen molar-refractivity contribution in [1.29, 1.82) is 5.41 Å². The summed E-state index contributed by atoms with van der Waals surface area (Å²) in [4.78, 5) is 199. The van der Waals surface area contributed by atoms with Gasteiger partial charge in [0.2, 0.25) is 76.8 Å². The number of likely N-dealkylation sites (tertiary alicyclic amines) is 2. The number of nitrogens with one attached hydrogen (secondary N) is 13. The number of fused-ring (bicyclic) bond motifs is 3. The molecule has 9 rings (SSSR count). The van der Waals surface area contributed by atoms with Crippen LogP contribution < -0.4 is 82.3 Å². The Bertz CT molecular complexity index is 4570. The monoisotopic (exact) mass is 1590 g/mol. The summed E-state index contributed by atoms with van der Waals surface area (Å²) < 4.78 is 0. The number of primary amides is 3. The van der Waals surface area contributed by atoms with Crippen LogP contribution in [0.15, 0.2) is 122 Å². The minimum absolute atomic E-state index is 0.0554.